The van der Waals surface area contributed by atoms with Crippen molar-refractivity contribution in [2.24, 2.45) is 0 Å². The topological polar surface area (TPSA) is 37.3 Å². The molecule has 1 rings (SSSR count). The second kappa shape index (κ2) is 6.05. The molecule has 0 aliphatic carbocycles. The zero-order valence-electron chi connectivity index (χ0n) is 9.32. The molecule has 1 N–H and O–H groups in total. The predicted molar refractivity (Wildman–Crippen MR) is 61.1 cm³/mol. The van der Waals surface area contributed by atoms with Gasteiger partial charge in [0.25, 0.3) is 0 Å². The Hall–Kier alpha value is -2.04. The molecule has 18 heavy (non-hydrogen) atoms. The number of alkyl halides is 3. The van der Waals surface area contributed by atoms with Gasteiger partial charge in [-0.05, 0) is 18.1 Å². The van der Waals surface area contributed by atoms with Gasteiger partial charge in [0.2, 0.25) is 0 Å². The van der Waals surface area contributed by atoms with E-state index in [4.69, 9.17) is 5.11 Å². The molecule has 96 valence electrons. The van der Waals surface area contributed by atoms with Crippen molar-refractivity contribution in [3.8, 4) is 0 Å². The third-order valence-corrected chi connectivity index (χ3v) is 2.09. The fourth-order valence-corrected chi connectivity index (χ4v) is 1.30. The molecule has 0 aliphatic rings. The molecule has 1 aromatic rings. The number of hydrogen-bond acceptors (Lipinski definition) is 1. The quantitative estimate of drug-likeness (QED) is 0.661. The highest BCUT2D eigenvalue weighted by Crippen LogP contribution is 2.29. The van der Waals surface area contributed by atoms with Gasteiger partial charge in [-0.25, -0.2) is 4.79 Å². The minimum Gasteiger partial charge on any atom is -0.478 e. The number of allylic oxidation sites excluding steroid dienone is 3. The van der Waals surface area contributed by atoms with E-state index >= 15 is 0 Å². The lowest BCUT2D eigenvalue weighted by molar-refractivity contribution is -0.137. The largest absolute Gasteiger partial charge is 0.478 e. The van der Waals surface area contributed by atoms with Crippen LogP contribution < -0.4 is 0 Å². The Bertz CT molecular complexity index is 473. The summed E-state index contributed by atoms with van der Waals surface area (Å²) in [6.07, 6.45) is 1.30. The summed E-state index contributed by atoms with van der Waals surface area (Å²) in [7, 11) is 0. The summed E-state index contributed by atoms with van der Waals surface area (Å²) in [6, 6.07) is 5.02. The maximum Gasteiger partial charge on any atom is 0.416 e. The van der Waals surface area contributed by atoms with Gasteiger partial charge in [0.1, 0.15) is 0 Å². The van der Waals surface area contributed by atoms with Crippen LogP contribution in [-0.4, -0.2) is 11.1 Å². The van der Waals surface area contributed by atoms with Gasteiger partial charge in [-0.1, -0.05) is 36.4 Å². The fourth-order valence-electron chi connectivity index (χ4n) is 1.30. The highest BCUT2D eigenvalue weighted by molar-refractivity contribution is 5.80. The third-order valence-electron chi connectivity index (χ3n) is 2.09. The molecule has 2 nitrogen and oxygen atoms in total. The van der Waals surface area contributed by atoms with Crippen molar-refractivity contribution in [2.45, 2.75) is 12.6 Å². The number of carboxylic acids is 1. The van der Waals surface area contributed by atoms with Gasteiger partial charge in [0.05, 0.1) is 5.56 Å². The van der Waals surface area contributed by atoms with E-state index in [-0.39, 0.29) is 0 Å². The molecule has 0 heterocycles. The molecule has 0 amide bonds. The van der Waals surface area contributed by atoms with Gasteiger partial charge in [0, 0.05) is 6.08 Å². The Balaban J connectivity index is 2.66. The number of benzene rings is 1. The lowest BCUT2D eigenvalue weighted by atomic mass is 10.1. The minimum absolute atomic E-state index is 0.313. The summed E-state index contributed by atoms with van der Waals surface area (Å²) >= 11 is 0. The molecular formula is C13H11F3O2. The van der Waals surface area contributed by atoms with E-state index in [9.17, 15) is 18.0 Å². The minimum atomic E-state index is -4.34. The van der Waals surface area contributed by atoms with Crippen LogP contribution in [0.3, 0.4) is 0 Å². The van der Waals surface area contributed by atoms with Crippen LogP contribution >= 0.6 is 0 Å². The first-order chi connectivity index (χ1) is 8.39. The molecule has 1 aromatic carbocycles. The SMILES string of the molecule is O=C(O)/C=C/C=C/Cc1cccc(C(F)(F)F)c1. The van der Waals surface area contributed by atoms with E-state index in [2.05, 4.69) is 0 Å². The molecule has 0 radical (unpaired) electrons. The first-order valence-corrected chi connectivity index (χ1v) is 5.12. The molecule has 0 aromatic heterocycles. The van der Waals surface area contributed by atoms with Crippen molar-refractivity contribution >= 4 is 5.97 Å². The fraction of sp³-hybridized carbons (Fsp3) is 0.154. The van der Waals surface area contributed by atoms with Gasteiger partial charge in [0.15, 0.2) is 0 Å². The van der Waals surface area contributed by atoms with E-state index in [1.165, 1.54) is 18.2 Å². The zero-order chi connectivity index (χ0) is 13.6. The maximum absolute atomic E-state index is 12.4. The van der Waals surface area contributed by atoms with Crippen LogP contribution in [0, 0.1) is 0 Å². The van der Waals surface area contributed by atoms with Crippen molar-refractivity contribution in [3.63, 3.8) is 0 Å². The molecule has 0 atom stereocenters. The van der Waals surface area contributed by atoms with E-state index in [1.807, 2.05) is 0 Å². The summed E-state index contributed by atoms with van der Waals surface area (Å²) in [5, 5.41) is 8.31. The Kier molecular flexibility index (Phi) is 4.71. The summed E-state index contributed by atoms with van der Waals surface area (Å²) in [4.78, 5) is 10.1. The molecule has 5 heteroatoms. The summed E-state index contributed by atoms with van der Waals surface area (Å²) in [6.45, 7) is 0. The molecular weight excluding hydrogens is 245 g/mol. The highest BCUT2D eigenvalue weighted by Gasteiger charge is 2.30. The number of aliphatic carboxylic acids is 1. The lowest BCUT2D eigenvalue weighted by Crippen LogP contribution is -2.04. The van der Waals surface area contributed by atoms with Crippen molar-refractivity contribution in [3.05, 3.63) is 59.7 Å². The Labute approximate surface area is 102 Å². The van der Waals surface area contributed by atoms with Gasteiger partial charge >= 0.3 is 12.1 Å². The summed E-state index contributed by atoms with van der Waals surface area (Å²) in [5.41, 5.74) is -0.167. The smallest absolute Gasteiger partial charge is 0.416 e. The molecule has 0 fully saturated rings. The Morgan fingerprint density at radius 1 is 1.28 bits per heavy atom. The van der Waals surface area contributed by atoms with Gasteiger partial charge in [-0.2, -0.15) is 13.2 Å². The number of rotatable bonds is 4. The van der Waals surface area contributed by atoms with Crippen molar-refractivity contribution < 1.29 is 23.1 Å². The average Bonchev–Trinajstić information content (AvgIpc) is 2.27. The molecule has 0 aliphatic heterocycles. The van der Waals surface area contributed by atoms with Crippen molar-refractivity contribution in [2.75, 3.05) is 0 Å². The monoisotopic (exact) mass is 256 g/mol. The predicted octanol–water partition coefficient (Wildman–Crippen LogP) is 3.44. The highest BCUT2D eigenvalue weighted by atomic mass is 19.4. The van der Waals surface area contributed by atoms with Crippen molar-refractivity contribution in [1.29, 1.82) is 0 Å². The number of carboxylic acid groups (broad SMARTS) is 1. The zero-order valence-corrected chi connectivity index (χ0v) is 9.32. The Morgan fingerprint density at radius 3 is 2.61 bits per heavy atom. The van der Waals surface area contributed by atoms with E-state index in [1.54, 1.807) is 12.1 Å². The average molecular weight is 256 g/mol. The number of carbonyl (C=O) groups is 1. The first-order valence-electron chi connectivity index (χ1n) is 5.12. The van der Waals surface area contributed by atoms with Crippen LogP contribution in [0.1, 0.15) is 11.1 Å². The standard InChI is InChI=1S/C13H11F3O2/c14-13(15,16)11-7-4-6-10(9-11)5-2-1-3-8-12(17)18/h1-4,6-9H,5H2,(H,17,18)/b2-1+,8-3+. The van der Waals surface area contributed by atoms with Crippen LogP contribution in [0.4, 0.5) is 13.2 Å². The van der Waals surface area contributed by atoms with Crippen molar-refractivity contribution in [1.82, 2.24) is 0 Å². The summed E-state index contributed by atoms with van der Waals surface area (Å²) in [5.74, 6) is -1.07. The van der Waals surface area contributed by atoms with E-state index < -0.39 is 17.7 Å². The van der Waals surface area contributed by atoms with Gasteiger partial charge < -0.3 is 5.11 Å². The van der Waals surface area contributed by atoms with E-state index in [0.717, 1.165) is 18.2 Å². The number of halogens is 3. The van der Waals surface area contributed by atoms with Crippen LogP contribution in [-0.2, 0) is 17.4 Å². The molecule has 0 saturated carbocycles. The first kappa shape index (κ1) is 14.0. The maximum atomic E-state index is 12.4. The second-order valence-corrected chi connectivity index (χ2v) is 3.53. The second-order valence-electron chi connectivity index (χ2n) is 3.53. The number of hydrogen-bond donors (Lipinski definition) is 1. The van der Waals surface area contributed by atoms with E-state index in [0.29, 0.717) is 12.0 Å². The molecule has 0 spiro atoms. The summed E-state index contributed by atoms with van der Waals surface area (Å²) < 4.78 is 37.2. The third kappa shape index (κ3) is 4.86. The van der Waals surface area contributed by atoms with Crippen LogP contribution in [0.5, 0.6) is 0 Å². The van der Waals surface area contributed by atoms with Gasteiger partial charge in [-0.3, -0.25) is 0 Å². The van der Waals surface area contributed by atoms with Crippen LogP contribution in [0.2, 0.25) is 0 Å². The molecule has 0 saturated heterocycles. The Morgan fingerprint density at radius 2 is 2.00 bits per heavy atom. The van der Waals surface area contributed by atoms with Gasteiger partial charge in [-0.15, -0.1) is 0 Å². The van der Waals surface area contributed by atoms with Crippen LogP contribution in [0.25, 0.3) is 0 Å². The lowest BCUT2D eigenvalue weighted by Gasteiger charge is -2.07. The molecule has 0 bridgehead atoms. The molecule has 0 unspecified atom stereocenters. The van der Waals surface area contributed by atoms with Crippen LogP contribution in [0.15, 0.2) is 48.6 Å². The normalized spacial score (nSPS) is 12.4.